The van der Waals surface area contributed by atoms with Crippen LogP contribution in [0.3, 0.4) is 0 Å². The van der Waals surface area contributed by atoms with Crippen LogP contribution in [0.5, 0.6) is 0 Å². The first-order valence-electron chi connectivity index (χ1n) is 16.1. The van der Waals surface area contributed by atoms with E-state index in [0.717, 1.165) is 69.5 Å². The minimum atomic E-state index is -0.193. The van der Waals surface area contributed by atoms with E-state index >= 15 is 0 Å². The van der Waals surface area contributed by atoms with Gasteiger partial charge in [-0.25, -0.2) is 4.68 Å². The fraction of sp³-hybridized carbons (Fsp3) is 0.263. The standard InChI is InChI=1S/C38H35Cl2N5O/c1-22-9-8-18-44-35(25-14-16-26(39)17-15-25)29-19-27(40)20-30-32(29)33(36(44)31(22)24-10-4-3-5-11-24)34(42-30)38(46)43-37-23(2)21-41-45(37)28-12-6-7-13-28/h3-5,8,10-11,14-22,28,35,42H,6-7,9,12-13H2,1-2H3,(H,43,46). The number of rotatable bonds is 5. The van der Waals surface area contributed by atoms with Crippen LogP contribution < -0.4 is 5.32 Å². The normalized spacial score (nSPS) is 19.5. The maximum atomic E-state index is 14.6. The number of aromatic amines is 1. The number of anilines is 1. The van der Waals surface area contributed by atoms with Gasteiger partial charge in [0.25, 0.3) is 5.91 Å². The molecule has 2 aromatic heterocycles. The third-order valence-corrected chi connectivity index (χ3v) is 10.3. The Kier molecular flexibility index (Phi) is 7.30. The third kappa shape index (κ3) is 4.78. The van der Waals surface area contributed by atoms with E-state index in [-0.39, 0.29) is 17.9 Å². The van der Waals surface area contributed by atoms with Gasteiger partial charge in [0.05, 0.1) is 24.0 Å². The summed E-state index contributed by atoms with van der Waals surface area (Å²) in [4.78, 5) is 20.5. The summed E-state index contributed by atoms with van der Waals surface area (Å²) in [6, 6.07) is 22.7. The molecule has 232 valence electrons. The molecule has 1 aliphatic carbocycles. The number of amides is 1. The first-order chi connectivity index (χ1) is 22.4. The second-order valence-electron chi connectivity index (χ2n) is 12.8. The lowest BCUT2D eigenvalue weighted by atomic mass is 9.82. The van der Waals surface area contributed by atoms with Crippen LogP contribution in [0.2, 0.25) is 10.0 Å². The molecule has 0 radical (unpaired) electrons. The Balaban J connectivity index is 1.40. The van der Waals surface area contributed by atoms with Crippen molar-refractivity contribution in [2.45, 2.75) is 58.0 Å². The number of aromatic nitrogens is 3. The Hall–Kier alpha value is -4.26. The van der Waals surface area contributed by atoms with Gasteiger partial charge in [0.15, 0.2) is 0 Å². The largest absolute Gasteiger partial charge is 0.350 e. The van der Waals surface area contributed by atoms with Gasteiger partial charge in [0.1, 0.15) is 11.5 Å². The Morgan fingerprint density at radius 3 is 2.52 bits per heavy atom. The molecule has 5 aromatic rings. The second-order valence-corrected chi connectivity index (χ2v) is 13.7. The molecule has 1 fully saturated rings. The number of aryl methyl sites for hydroxylation is 1. The summed E-state index contributed by atoms with van der Waals surface area (Å²) >= 11 is 13.2. The van der Waals surface area contributed by atoms with E-state index in [4.69, 9.17) is 28.3 Å². The molecule has 2 N–H and O–H groups in total. The quantitative estimate of drug-likeness (QED) is 0.199. The molecule has 4 heterocycles. The van der Waals surface area contributed by atoms with Crippen molar-refractivity contribution in [3.8, 4) is 0 Å². The molecule has 3 aliphatic rings. The van der Waals surface area contributed by atoms with Gasteiger partial charge in [0, 0.05) is 38.3 Å². The molecule has 1 saturated carbocycles. The molecule has 2 aliphatic heterocycles. The highest BCUT2D eigenvalue weighted by Crippen LogP contribution is 2.53. The lowest BCUT2D eigenvalue weighted by molar-refractivity contribution is 0.102. The zero-order valence-corrected chi connectivity index (χ0v) is 27.4. The van der Waals surface area contributed by atoms with Crippen molar-refractivity contribution in [3.05, 3.63) is 129 Å². The molecule has 0 saturated heterocycles. The number of nitrogens with one attached hydrogen (secondary N) is 2. The summed E-state index contributed by atoms with van der Waals surface area (Å²) in [5.41, 5.74) is 8.70. The van der Waals surface area contributed by atoms with E-state index in [2.05, 4.69) is 70.8 Å². The summed E-state index contributed by atoms with van der Waals surface area (Å²) < 4.78 is 2.02. The summed E-state index contributed by atoms with van der Waals surface area (Å²) in [6.07, 6.45) is 11.6. The third-order valence-electron chi connectivity index (χ3n) is 9.84. The van der Waals surface area contributed by atoms with Crippen molar-refractivity contribution in [2.24, 2.45) is 5.92 Å². The smallest absolute Gasteiger partial charge is 0.273 e. The van der Waals surface area contributed by atoms with E-state index in [1.165, 1.54) is 18.4 Å². The Labute approximate surface area is 278 Å². The number of carbonyl (C=O) groups excluding carboxylic acids is 1. The molecule has 2 unspecified atom stereocenters. The molecule has 0 bridgehead atoms. The van der Waals surface area contributed by atoms with Gasteiger partial charge < -0.3 is 15.2 Å². The van der Waals surface area contributed by atoms with Crippen LogP contribution in [0.4, 0.5) is 5.82 Å². The van der Waals surface area contributed by atoms with Gasteiger partial charge in [-0.15, -0.1) is 0 Å². The molecule has 0 spiro atoms. The Morgan fingerprint density at radius 1 is 1.00 bits per heavy atom. The number of halogens is 2. The summed E-state index contributed by atoms with van der Waals surface area (Å²) in [6.45, 7) is 4.28. The van der Waals surface area contributed by atoms with Crippen molar-refractivity contribution >= 4 is 57.1 Å². The highest BCUT2D eigenvalue weighted by Gasteiger charge is 2.40. The van der Waals surface area contributed by atoms with Gasteiger partial charge in [-0.1, -0.05) is 91.5 Å². The molecular weight excluding hydrogens is 613 g/mol. The molecule has 3 aromatic carbocycles. The molecular formula is C38H35Cl2N5O. The van der Waals surface area contributed by atoms with Crippen LogP contribution in [0.1, 0.15) is 89.4 Å². The minimum Gasteiger partial charge on any atom is -0.350 e. The topological polar surface area (TPSA) is 66.0 Å². The fourth-order valence-corrected chi connectivity index (χ4v) is 8.10. The zero-order valence-electron chi connectivity index (χ0n) is 25.9. The predicted octanol–water partition coefficient (Wildman–Crippen LogP) is 10.2. The Morgan fingerprint density at radius 2 is 1.76 bits per heavy atom. The number of H-pyrrole nitrogens is 1. The molecule has 8 heteroatoms. The van der Waals surface area contributed by atoms with Gasteiger partial charge >= 0.3 is 0 Å². The van der Waals surface area contributed by atoms with Crippen molar-refractivity contribution in [1.29, 1.82) is 0 Å². The molecule has 8 rings (SSSR count). The number of nitrogens with zero attached hydrogens (tertiary/aromatic N) is 3. The summed E-state index contributed by atoms with van der Waals surface area (Å²) in [7, 11) is 0. The average molecular weight is 649 g/mol. The number of benzene rings is 3. The van der Waals surface area contributed by atoms with Crippen LogP contribution in [-0.4, -0.2) is 25.6 Å². The molecule has 46 heavy (non-hydrogen) atoms. The van der Waals surface area contributed by atoms with E-state index in [9.17, 15) is 4.79 Å². The number of allylic oxidation sites excluding steroid dienone is 2. The van der Waals surface area contributed by atoms with Crippen molar-refractivity contribution in [3.63, 3.8) is 0 Å². The summed E-state index contributed by atoms with van der Waals surface area (Å²) in [5, 5.41) is 10.3. The number of carbonyl (C=O) groups is 1. The SMILES string of the molecule is Cc1cnn(C2CCCC2)c1NC(=O)c1[nH]c2cc(Cl)cc3c2c1C1=C(c2ccccc2)C(C)CC=CN1C3c1ccc(Cl)cc1. The zero-order chi connectivity index (χ0) is 31.5. The maximum absolute atomic E-state index is 14.6. The van der Waals surface area contributed by atoms with Crippen molar-refractivity contribution in [1.82, 2.24) is 19.7 Å². The van der Waals surface area contributed by atoms with Crippen LogP contribution in [0.25, 0.3) is 22.2 Å². The van der Waals surface area contributed by atoms with Gasteiger partial charge in [-0.05, 0) is 78.6 Å². The molecule has 6 nitrogen and oxygen atoms in total. The minimum absolute atomic E-state index is 0.181. The number of hydrogen-bond donors (Lipinski definition) is 2. The van der Waals surface area contributed by atoms with Gasteiger partial charge in [-0.2, -0.15) is 5.10 Å². The highest BCUT2D eigenvalue weighted by molar-refractivity contribution is 6.32. The highest BCUT2D eigenvalue weighted by atomic mass is 35.5. The van der Waals surface area contributed by atoms with E-state index in [0.29, 0.717) is 21.8 Å². The van der Waals surface area contributed by atoms with E-state index < -0.39 is 0 Å². The van der Waals surface area contributed by atoms with Crippen LogP contribution in [0.15, 0.2) is 85.2 Å². The molecule has 2 atom stereocenters. The maximum Gasteiger partial charge on any atom is 0.273 e. The average Bonchev–Trinajstić information content (AvgIpc) is 3.77. The van der Waals surface area contributed by atoms with Crippen molar-refractivity contribution in [2.75, 3.05) is 5.32 Å². The molecule has 1 amide bonds. The van der Waals surface area contributed by atoms with Crippen LogP contribution in [-0.2, 0) is 0 Å². The lowest BCUT2D eigenvalue weighted by Crippen LogP contribution is -2.29. The monoisotopic (exact) mass is 647 g/mol. The van der Waals surface area contributed by atoms with Crippen LogP contribution >= 0.6 is 23.2 Å². The Bertz CT molecular complexity index is 2030. The van der Waals surface area contributed by atoms with Gasteiger partial charge in [-0.3, -0.25) is 4.79 Å². The second kappa shape index (κ2) is 11.5. The lowest BCUT2D eigenvalue weighted by Gasteiger charge is -2.39. The van der Waals surface area contributed by atoms with Gasteiger partial charge in [0.2, 0.25) is 0 Å². The van der Waals surface area contributed by atoms with E-state index in [1.807, 2.05) is 48.1 Å². The first-order valence-corrected chi connectivity index (χ1v) is 16.9. The number of hydrogen-bond acceptors (Lipinski definition) is 3. The van der Waals surface area contributed by atoms with Crippen LogP contribution in [0, 0.1) is 12.8 Å². The predicted molar refractivity (Wildman–Crippen MR) is 187 cm³/mol. The summed E-state index contributed by atoms with van der Waals surface area (Å²) in [5.74, 6) is 0.770. The fourth-order valence-electron chi connectivity index (χ4n) is 7.75. The first kappa shape index (κ1) is 29.2. The van der Waals surface area contributed by atoms with E-state index in [1.54, 1.807) is 0 Å². The van der Waals surface area contributed by atoms with Crippen molar-refractivity contribution < 1.29 is 4.79 Å². The number of fused-ring (bicyclic) bond motifs is 2.